The maximum Gasteiger partial charge on any atom is 0.341 e. The van der Waals surface area contributed by atoms with Gasteiger partial charge < -0.3 is 4.74 Å². The maximum atomic E-state index is 13.9. The van der Waals surface area contributed by atoms with Crippen LogP contribution in [-0.4, -0.2) is 24.2 Å². The number of hydrogen-bond donors (Lipinski definition) is 1. The van der Waals surface area contributed by atoms with Crippen molar-refractivity contribution in [1.29, 1.82) is 0 Å². The average molecular weight is 338 g/mol. The Morgan fingerprint density at radius 3 is 2.72 bits per heavy atom. The number of nitrogens with one attached hydrogen (secondary N) is 1. The summed E-state index contributed by atoms with van der Waals surface area (Å²) in [4.78, 5) is 22.9. The van der Waals surface area contributed by atoms with Crippen LogP contribution < -0.4 is 5.43 Å². The van der Waals surface area contributed by atoms with Gasteiger partial charge in [-0.3, -0.25) is 5.43 Å². The third kappa shape index (κ3) is 3.34. The van der Waals surface area contributed by atoms with Gasteiger partial charge in [-0.05, 0) is 24.6 Å². The van der Waals surface area contributed by atoms with Crippen molar-refractivity contribution in [3.05, 3.63) is 70.5 Å². The molecule has 1 N–H and O–H groups in total. The van der Waals surface area contributed by atoms with Crippen LogP contribution in [-0.2, 0) is 16.0 Å². The van der Waals surface area contributed by atoms with Crippen LogP contribution in [0.4, 0.5) is 4.39 Å². The number of carbonyl (C=O) groups excluding carboxylic acids is 2. The van der Waals surface area contributed by atoms with E-state index in [2.05, 4.69) is 10.5 Å². The van der Waals surface area contributed by atoms with Gasteiger partial charge in [-0.2, -0.15) is 5.10 Å². The highest BCUT2D eigenvalue weighted by atomic mass is 19.1. The quantitative estimate of drug-likeness (QED) is 0.687. The van der Waals surface area contributed by atoms with Crippen molar-refractivity contribution >= 4 is 23.3 Å². The van der Waals surface area contributed by atoms with Crippen molar-refractivity contribution in [3.63, 3.8) is 0 Å². The van der Waals surface area contributed by atoms with E-state index in [0.29, 0.717) is 23.3 Å². The van der Waals surface area contributed by atoms with Crippen molar-refractivity contribution in [1.82, 2.24) is 5.43 Å². The van der Waals surface area contributed by atoms with Crippen LogP contribution in [0.2, 0.25) is 0 Å². The van der Waals surface area contributed by atoms with E-state index in [1.165, 1.54) is 12.1 Å². The van der Waals surface area contributed by atoms with Gasteiger partial charge in [0.1, 0.15) is 11.5 Å². The molecule has 5 nitrogen and oxygen atoms in total. The van der Waals surface area contributed by atoms with E-state index < -0.39 is 11.8 Å². The molecule has 2 aromatic carbocycles. The molecule has 6 heteroatoms. The molecule has 2 aromatic rings. The Bertz CT molecular complexity index is 915. The predicted octanol–water partition coefficient (Wildman–Crippen LogP) is 2.72. The summed E-state index contributed by atoms with van der Waals surface area (Å²) in [6.07, 6.45) is 0.364. The number of nitrogens with zero attached hydrogens (tertiary/aromatic N) is 1. The maximum absolute atomic E-state index is 13.9. The minimum Gasteiger partial charge on any atom is -0.462 e. The van der Waals surface area contributed by atoms with Crippen molar-refractivity contribution in [2.45, 2.75) is 13.3 Å². The summed E-state index contributed by atoms with van der Waals surface area (Å²) in [5, 5.41) is 4.21. The molecule has 0 bridgehead atoms. The number of fused-ring (bicyclic) bond motifs is 1. The van der Waals surface area contributed by atoms with Gasteiger partial charge in [0.2, 0.25) is 0 Å². The molecule has 3 rings (SSSR count). The van der Waals surface area contributed by atoms with Crippen molar-refractivity contribution < 1.29 is 18.7 Å². The Morgan fingerprint density at radius 2 is 2.00 bits per heavy atom. The Morgan fingerprint density at radius 1 is 1.24 bits per heavy atom. The Labute approximate surface area is 143 Å². The molecule has 25 heavy (non-hydrogen) atoms. The zero-order chi connectivity index (χ0) is 17.8. The molecule has 0 fully saturated rings. The highest BCUT2D eigenvalue weighted by Crippen LogP contribution is 2.22. The number of benzene rings is 2. The number of carbonyl (C=O) groups is 1. The molecule has 0 aromatic heterocycles. The smallest absolute Gasteiger partial charge is 0.341 e. The predicted molar refractivity (Wildman–Crippen MR) is 91.3 cm³/mol. The molecular formula is C19H15FN2O3. The van der Waals surface area contributed by atoms with Crippen LogP contribution >= 0.6 is 0 Å². The Balaban J connectivity index is 1.93. The van der Waals surface area contributed by atoms with E-state index in [1.54, 1.807) is 19.1 Å². The minimum atomic E-state index is -0.697. The van der Waals surface area contributed by atoms with Gasteiger partial charge in [-0.1, -0.05) is 30.3 Å². The summed E-state index contributed by atoms with van der Waals surface area (Å²) in [5.41, 5.74) is 5.72. The first-order chi connectivity index (χ1) is 12.1. The fraction of sp³-hybridized carbons (Fsp3) is 0.158. The van der Waals surface area contributed by atoms with Gasteiger partial charge in [0.25, 0.3) is 0 Å². The molecule has 0 saturated heterocycles. The van der Waals surface area contributed by atoms with Crippen LogP contribution in [0.3, 0.4) is 0 Å². The lowest BCUT2D eigenvalue weighted by Gasteiger charge is -2.18. The topological polar surface area (TPSA) is 67.8 Å². The molecule has 0 amide bonds. The lowest BCUT2D eigenvalue weighted by atomic mass is 9.95. The zero-order valence-electron chi connectivity index (χ0n) is 13.5. The number of rotatable bonds is 4. The van der Waals surface area contributed by atoms with Crippen LogP contribution in [0.25, 0.3) is 5.70 Å². The Hall–Kier alpha value is -3.24. The first-order valence-corrected chi connectivity index (χ1v) is 7.77. The van der Waals surface area contributed by atoms with Crippen LogP contribution in [0.1, 0.15) is 34.0 Å². The van der Waals surface area contributed by atoms with Gasteiger partial charge in [-0.15, -0.1) is 0 Å². The molecule has 0 atom stereocenters. The van der Waals surface area contributed by atoms with E-state index in [1.807, 2.05) is 24.1 Å². The van der Waals surface area contributed by atoms with E-state index in [4.69, 9.17) is 4.74 Å². The first-order valence-electron chi connectivity index (χ1n) is 7.77. The first kappa shape index (κ1) is 16.6. The van der Waals surface area contributed by atoms with Crippen molar-refractivity contribution in [2.75, 3.05) is 6.61 Å². The summed E-state index contributed by atoms with van der Waals surface area (Å²) in [5.74, 6) is 0.503. The summed E-state index contributed by atoms with van der Waals surface area (Å²) >= 11 is 0. The van der Waals surface area contributed by atoms with Crippen LogP contribution in [0.5, 0.6) is 0 Å². The molecule has 0 aliphatic carbocycles. The second-order valence-electron chi connectivity index (χ2n) is 5.40. The monoisotopic (exact) mass is 338 g/mol. The third-order valence-electron chi connectivity index (χ3n) is 3.81. The fourth-order valence-electron chi connectivity index (χ4n) is 2.65. The van der Waals surface area contributed by atoms with Crippen molar-refractivity contribution in [2.24, 2.45) is 5.10 Å². The van der Waals surface area contributed by atoms with Gasteiger partial charge >= 0.3 is 5.97 Å². The third-order valence-corrected chi connectivity index (χ3v) is 3.81. The minimum absolute atomic E-state index is 0.106. The number of ether oxygens (including phenoxy) is 1. The number of hydrogen-bond acceptors (Lipinski definition) is 5. The zero-order valence-corrected chi connectivity index (χ0v) is 13.5. The standard InChI is InChI=1S/C19H15FN2O3/c1-2-25-19(24)15-9-12(7-8-16(15)20)10-17-13-5-3-4-6-14(13)18(11-23)22-21-17/h3-9,22H,2,10H2,1H3. The van der Waals surface area contributed by atoms with Crippen molar-refractivity contribution in [3.8, 4) is 0 Å². The molecule has 1 aliphatic rings. The number of hydrazone groups is 1. The largest absolute Gasteiger partial charge is 0.462 e. The number of halogens is 1. The van der Waals surface area contributed by atoms with Gasteiger partial charge in [0.05, 0.1) is 17.9 Å². The molecular weight excluding hydrogens is 323 g/mol. The van der Waals surface area contributed by atoms with E-state index >= 15 is 0 Å². The second-order valence-corrected chi connectivity index (χ2v) is 5.40. The van der Waals surface area contributed by atoms with Gasteiger partial charge in [0.15, 0.2) is 5.94 Å². The van der Waals surface area contributed by atoms with Crippen LogP contribution in [0, 0.1) is 5.82 Å². The normalized spacial score (nSPS) is 12.6. The highest BCUT2D eigenvalue weighted by Gasteiger charge is 2.20. The summed E-state index contributed by atoms with van der Waals surface area (Å²) in [6, 6.07) is 11.6. The second kappa shape index (κ2) is 7.11. The summed E-state index contributed by atoms with van der Waals surface area (Å²) < 4.78 is 18.7. The SMILES string of the molecule is CCOC(=O)c1cc(CC2=NNC(=C=O)c3ccccc32)ccc1F. The summed E-state index contributed by atoms with van der Waals surface area (Å²) in [7, 11) is 0. The van der Waals surface area contributed by atoms with E-state index in [9.17, 15) is 14.0 Å². The summed E-state index contributed by atoms with van der Waals surface area (Å²) in [6.45, 7) is 1.84. The Kier molecular flexibility index (Phi) is 4.73. The average Bonchev–Trinajstić information content (AvgIpc) is 2.63. The molecule has 0 spiro atoms. The molecule has 1 heterocycles. The lowest BCUT2D eigenvalue weighted by Crippen LogP contribution is -2.21. The highest BCUT2D eigenvalue weighted by molar-refractivity contribution is 6.09. The van der Waals surface area contributed by atoms with E-state index in [0.717, 1.165) is 5.56 Å². The molecule has 126 valence electrons. The van der Waals surface area contributed by atoms with E-state index in [-0.39, 0.29) is 17.9 Å². The molecule has 0 radical (unpaired) electrons. The van der Waals surface area contributed by atoms with Gasteiger partial charge in [-0.25, -0.2) is 14.0 Å². The fourth-order valence-corrected chi connectivity index (χ4v) is 2.65. The molecule has 0 saturated carbocycles. The molecule has 1 aliphatic heterocycles. The van der Waals surface area contributed by atoms with Gasteiger partial charge in [0, 0.05) is 17.5 Å². The van der Waals surface area contributed by atoms with Crippen LogP contribution in [0.15, 0.2) is 47.6 Å². The number of esters is 1. The lowest BCUT2D eigenvalue weighted by molar-refractivity contribution is 0.0521. The molecule has 0 unspecified atom stereocenters.